The van der Waals surface area contributed by atoms with E-state index in [0.717, 1.165) is 24.0 Å². The van der Waals surface area contributed by atoms with Gasteiger partial charge in [0.1, 0.15) is 10.7 Å². The molecule has 0 saturated heterocycles. The molecule has 0 unspecified atom stereocenters. The van der Waals surface area contributed by atoms with Crippen molar-refractivity contribution in [3.63, 3.8) is 0 Å². The first-order valence-corrected chi connectivity index (χ1v) is 7.90. The van der Waals surface area contributed by atoms with Gasteiger partial charge in [0.2, 0.25) is 0 Å². The molecule has 2 aromatic rings. The summed E-state index contributed by atoms with van der Waals surface area (Å²) >= 11 is 3.30. The molecule has 0 fully saturated rings. The fourth-order valence-corrected chi connectivity index (χ4v) is 2.82. The van der Waals surface area contributed by atoms with Crippen LogP contribution in [-0.4, -0.2) is 13.4 Å². The molecule has 1 aromatic heterocycles. The van der Waals surface area contributed by atoms with E-state index in [1.165, 1.54) is 0 Å². The maximum absolute atomic E-state index is 13.0. The molecule has 0 bridgehead atoms. The Bertz CT molecular complexity index is 674. The number of nitrogens with one attached hydrogen (secondary N) is 1. The number of anilines is 1. The second kappa shape index (κ2) is 5.66. The molecular weight excluding hydrogens is 335 g/mol. The third-order valence-electron chi connectivity index (χ3n) is 2.35. The lowest BCUT2D eigenvalue weighted by molar-refractivity contribution is 0.592. The number of pyridine rings is 1. The van der Waals surface area contributed by atoms with E-state index in [9.17, 15) is 12.8 Å². The Morgan fingerprint density at radius 3 is 2.47 bits per heavy atom. The molecule has 100 valence electrons. The van der Waals surface area contributed by atoms with Gasteiger partial charge in [-0.1, -0.05) is 28.1 Å². The van der Waals surface area contributed by atoms with E-state index in [-0.39, 0.29) is 4.90 Å². The summed E-state index contributed by atoms with van der Waals surface area (Å²) in [5, 5.41) is 0.688. The van der Waals surface area contributed by atoms with Crippen LogP contribution in [0, 0.1) is 5.82 Å². The van der Waals surface area contributed by atoms with Gasteiger partial charge in [-0.3, -0.25) is 9.71 Å². The minimum absolute atomic E-state index is 0.211. The fraction of sp³-hybridized carbons (Fsp3) is 0.0833. The van der Waals surface area contributed by atoms with Gasteiger partial charge in [-0.15, -0.1) is 0 Å². The highest BCUT2D eigenvalue weighted by Gasteiger charge is 2.15. The molecule has 7 heteroatoms. The van der Waals surface area contributed by atoms with Gasteiger partial charge < -0.3 is 0 Å². The zero-order valence-corrected chi connectivity index (χ0v) is 12.1. The maximum Gasteiger partial charge on any atom is 0.263 e. The second-order valence-electron chi connectivity index (χ2n) is 3.77. The normalized spacial score (nSPS) is 11.3. The number of nitrogens with zero attached hydrogens (tertiary/aromatic N) is 1. The summed E-state index contributed by atoms with van der Waals surface area (Å²) in [7, 11) is -3.82. The Kier molecular flexibility index (Phi) is 4.16. The minimum Gasteiger partial charge on any atom is -0.280 e. The predicted molar refractivity (Wildman–Crippen MR) is 74.1 cm³/mol. The van der Waals surface area contributed by atoms with Crippen molar-refractivity contribution in [2.75, 3.05) is 4.72 Å². The summed E-state index contributed by atoms with van der Waals surface area (Å²) < 4.78 is 39.3. The van der Waals surface area contributed by atoms with Crippen LogP contribution in [0.1, 0.15) is 5.56 Å². The molecule has 0 saturated carbocycles. The van der Waals surface area contributed by atoms with Gasteiger partial charge in [-0.2, -0.15) is 0 Å². The molecule has 0 aliphatic carbocycles. The van der Waals surface area contributed by atoms with E-state index in [0.29, 0.717) is 11.0 Å². The number of sulfonamides is 1. The number of halogens is 2. The first-order valence-electron chi connectivity index (χ1n) is 5.29. The molecular formula is C12H10BrFN2O2S. The topological polar surface area (TPSA) is 59.1 Å². The lowest BCUT2D eigenvalue weighted by Crippen LogP contribution is -2.13. The summed E-state index contributed by atoms with van der Waals surface area (Å²) in [6, 6.07) is 7.77. The van der Waals surface area contributed by atoms with E-state index in [4.69, 9.17) is 0 Å². The number of rotatable bonds is 4. The average molecular weight is 345 g/mol. The summed E-state index contributed by atoms with van der Waals surface area (Å²) in [6.45, 7) is 0. The van der Waals surface area contributed by atoms with Gasteiger partial charge in [0.25, 0.3) is 10.0 Å². The molecule has 1 aromatic carbocycles. The van der Waals surface area contributed by atoms with Crippen LogP contribution in [-0.2, 0) is 15.4 Å². The third kappa shape index (κ3) is 3.51. The molecule has 19 heavy (non-hydrogen) atoms. The van der Waals surface area contributed by atoms with Crippen molar-refractivity contribution in [2.45, 2.75) is 10.2 Å². The first kappa shape index (κ1) is 14.0. The Hall–Kier alpha value is -1.47. The Balaban J connectivity index is 2.25. The average Bonchev–Trinajstić information content (AvgIpc) is 2.39. The van der Waals surface area contributed by atoms with Gasteiger partial charge in [0.15, 0.2) is 0 Å². The Morgan fingerprint density at radius 2 is 1.89 bits per heavy atom. The Labute approximate surface area is 118 Å². The lowest BCUT2D eigenvalue weighted by atomic mass is 10.2. The van der Waals surface area contributed by atoms with Gasteiger partial charge >= 0.3 is 0 Å². The molecule has 0 atom stereocenters. The van der Waals surface area contributed by atoms with Crippen LogP contribution in [0.25, 0.3) is 0 Å². The lowest BCUT2D eigenvalue weighted by Gasteiger charge is -2.08. The zero-order valence-electron chi connectivity index (χ0n) is 9.68. The summed E-state index contributed by atoms with van der Waals surface area (Å²) in [4.78, 5) is 3.31. The molecule has 0 spiro atoms. The summed E-state index contributed by atoms with van der Waals surface area (Å²) in [5.74, 6) is -0.697. The number of benzene rings is 1. The summed E-state index contributed by atoms with van der Waals surface area (Å²) in [5.41, 5.74) is 1.43. The SMILES string of the molecule is O=S(=O)(Nc1ccc(CBr)cc1)c1cncc(F)c1. The van der Waals surface area contributed by atoms with Crippen molar-refractivity contribution in [2.24, 2.45) is 0 Å². The van der Waals surface area contributed by atoms with Crippen LogP contribution >= 0.6 is 15.9 Å². The van der Waals surface area contributed by atoms with Crippen LogP contribution in [0.15, 0.2) is 47.6 Å². The molecule has 1 heterocycles. The largest absolute Gasteiger partial charge is 0.280 e. The highest BCUT2D eigenvalue weighted by Crippen LogP contribution is 2.17. The van der Waals surface area contributed by atoms with Crippen LogP contribution in [0.3, 0.4) is 0 Å². The molecule has 0 aliphatic heterocycles. The van der Waals surface area contributed by atoms with Crippen LogP contribution in [0.2, 0.25) is 0 Å². The second-order valence-corrected chi connectivity index (χ2v) is 6.02. The van der Waals surface area contributed by atoms with Crippen molar-refractivity contribution in [1.82, 2.24) is 4.98 Å². The quantitative estimate of drug-likeness (QED) is 0.867. The van der Waals surface area contributed by atoms with Crippen molar-refractivity contribution in [1.29, 1.82) is 0 Å². The van der Waals surface area contributed by atoms with E-state index < -0.39 is 15.8 Å². The molecule has 2 rings (SSSR count). The van der Waals surface area contributed by atoms with Crippen molar-refractivity contribution >= 4 is 31.6 Å². The molecule has 4 nitrogen and oxygen atoms in total. The number of aromatic nitrogens is 1. The van der Waals surface area contributed by atoms with Crippen LogP contribution in [0.5, 0.6) is 0 Å². The van der Waals surface area contributed by atoms with Crippen LogP contribution in [0.4, 0.5) is 10.1 Å². The number of hydrogen-bond acceptors (Lipinski definition) is 3. The molecule has 1 N–H and O–H groups in total. The van der Waals surface area contributed by atoms with E-state index in [1.807, 2.05) is 0 Å². The third-order valence-corrected chi connectivity index (χ3v) is 4.35. The molecule has 0 amide bonds. The van der Waals surface area contributed by atoms with Crippen molar-refractivity contribution < 1.29 is 12.8 Å². The molecule has 0 aliphatic rings. The molecule has 0 radical (unpaired) electrons. The standard InChI is InChI=1S/C12H10BrFN2O2S/c13-6-9-1-3-11(4-2-9)16-19(17,18)12-5-10(14)7-15-8-12/h1-5,7-8,16H,6H2. The Morgan fingerprint density at radius 1 is 1.21 bits per heavy atom. The van der Waals surface area contributed by atoms with Crippen LogP contribution < -0.4 is 4.72 Å². The first-order chi connectivity index (χ1) is 9.01. The smallest absolute Gasteiger partial charge is 0.263 e. The van der Waals surface area contributed by atoms with Gasteiger partial charge in [-0.05, 0) is 23.8 Å². The minimum atomic E-state index is -3.82. The fourth-order valence-electron chi connectivity index (χ4n) is 1.42. The van der Waals surface area contributed by atoms with Gasteiger partial charge in [-0.25, -0.2) is 12.8 Å². The van der Waals surface area contributed by atoms with Gasteiger partial charge in [0, 0.05) is 17.2 Å². The summed E-state index contributed by atoms with van der Waals surface area (Å²) in [6.07, 6.45) is 2.04. The highest BCUT2D eigenvalue weighted by molar-refractivity contribution is 9.08. The van der Waals surface area contributed by atoms with Gasteiger partial charge in [0.05, 0.1) is 6.20 Å². The van der Waals surface area contributed by atoms with E-state index >= 15 is 0 Å². The highest BCUT2D eigenvalue weighted by atomic mass is 79.9. The monoisotopic (exact) mass is 344 g/mol. The van der Waals surface area contributed by atoms with E-state index in [2.05, 4.69) is 25.6 Å². The zero-order chi connectivity index (χ0) is 13.9. The van der Waals surface area contributed by atoms with E-state index in [1.54, 1.807) is 24.3 Å². The predicted octanol–water partition coefficient (Wildman–Crippen LogP) is 2.92. The number of alkyl halides is 1. The maximum atomic E-state index is 13.0. The number of hydrogen-bond donors (Lipinski definition) is 1. The van der Waals surface area contributed by atoms with Crippen molar-refractivity contribution in [3.05, 3.63) is 54.1 Å². The van der Waals surface area contributed by atoms with Crippen molar-refractivity contribution in [3.8, 4) is 0 Å².